The molecule has 0 aliphatic carbocycles. The number of nitrogens with zero attached hydrogens (tertiary/aromatic N) is 5. The Morgan fingerprint density at radius 2 is 1.72 bits per heavy atom. The maximum Gasteiger partial charge on any atom is 0.227 e. The Kier molecular flexibility index (Phi) is 5.45. The Morgan fingerprint density at radius 3 is 2.47 bits per heavy atom. The van der Waals surface area contributed by atoms with E-state index in [1.807, 2.05) is 24.3 Å². The summed E-state index contributed by atoms with van der Waals surface area (Å²) in [5.41, 5.74) is 2.17. The molecule has 0 spiro atoms. The van der Waals surface area contributed by atoms with Crippen molar-refractivity contribution in [3.63, 3.8) is 0 Å². The quantitative estimate of drug-likeness (QED) is 0.492. The summed E-state index contributed by atoms with van der Waals surface area (Å²) in [7, 11) is 0. The first-order valence-corrected chi connectivity index (χ1v) is 10.6. The van der Waals surface area contributed by atoms with Crippen molar-refractivity contribution in [2.24, 2.45) is 0 Å². The van der Waals surface area contributed by atoms with Crippen LogP contribution in [0, 0.1) is 5.82 Å². The van der Waals surface area contributed by atoms with E-state index in [1.165, 1.54) is 12.1 Å². The molecule has 8 nitrogen and oxygen atoms in total. The van der Waals surface area contributed by atoms with E-state index in [0.717, 1.165) is 37.0 Å². The molecule has 0 atom stereocenters. The van der Waals surface area contributed by atoms with Gasteiger partial charge < -0.3 is 14.7 Å². The third-order valence-corrected chi connectivity index (χ3v) is 5.35. The number of carbonyl (C=O) groups excluding carboxylic acids is 1. The van der Waals surface area contributed by atoms with Crippen LogP contribution in [-0.2, 0) is 11.2 Å². The van der Waals surface area contributed by atoms with Crippen molar-refractivity contribution in [3.8, 4) is 11.4 Å². The topological polar surface area (TPSA) is 97.0 Å². The largest absolute Gasteiger partial charge is 0.354 e. The van der Waals surface area contributed by atoms with E-state index in [4.69, 9.17) is 9.51 Å². The van der Waals surface area contributed by atoms with Crippen LogP contribution in [0.1, 0.15) is 25.2 Å². The molecule has 32 heavy (non-hydrogen) atoms. The van der Waals surface area contributed by atoms with Crippen LogP contribution in [0.15, 0.2) is 53.1 Å². The average molecular weight is 432 g/mol. The summed E-state index contributed by atoms with van der Waals surface area (Å²) in [6.07, 6.45) is 2.62. The Hall–Kier alpha value is -3.88. The van der Waals surface area contributed by atoms with E-state index >= 15 is 0 Å². The standard InChI is InChI=1S/C23H21FN6O2/c24-16-9-7-15(8-10-16)21-28-20(32-29-21)12-11-19(31)27-22-23(30-13-3-4-14-30)26-18-6-2-1-5-17(18)25-22/h1-2,5-10H,3-4,11-14H2,(H,25,27,31). The van der Waals surface area contributed by atoms with E-state index < -0.39 is 0 Å². The highest BCUT2D eigenvalue weighted by atomic mass is 19.1. The molecule has 9 heteroatoms. The van der Waals surface area contributed by atoms with Crippen LogP contribution >= 0.6 is 0 Å². The molecule has 0 radical (unpaired) electrons. The smallest absolute Gasteiger partial charge is 0.227 e. The molecule has 0 unspecified atom stereocenters. The Labute approximate surface area is 183 Å². The van der Waals surface area contributed by atoms with Gasteiger partial charge in [-0.05, 0) is 49.2 Å². The number of aromatic nitrogens is 4. The number of amides is 1. The van der Waals surface area contributed by atoms with Gasteiger partial charge in [0, 0.05) is 31.5 Å². The van der Waals surface area contributed by atoms with Gasteiger partial charge >= 0.3 is 0 Å². The van der Waals surface area contributed by atoms with E-state index in [2.05, 4.69) is 25.3 Å². The van der Waals surface area contributed by atoms with Gasteiger partial charge in [0.2, 0.25) is 17.6 Å². The number of aryl methyl sites for hydroxylation is 1. The van der Waals surface area contributed by atoms with Crippen molar-refractivity contribution in [1.29, 1.82) is 0 Å². The fraction of sp³-hybridized carbons (Fsp3) is 0.261. The number of hydrogen-bond acceptors (Lipinski definition) is 7. The number of halogens is 1. The summed E-state index contributed by atoms with van der Waals surface area (Å²) in [5, 5.41) is 6.82. The maximum atomic E-state index is 13.1. The summed E-state index contributed by atoms with van der Waals surface area (Å²) >= 11 is 0. The molecule has 1 saturated heterocycles. The van der Waals surface area contributed by atoms with Crippen LogP contribution in [-0.4, -0.2) is 39.1 Å². The number of benzene rings is 2. The Bertz CT molecular complexity index is 1250. The van der Waals surface area contributed by atoms with Crippen molar-refractivity contribution < 1.29 is 13.7 Å². The molecule has 1 amide bonds. The van der Waals surface area contributed by atoms with Gasteiger partial charge in [-0.15, -0.1) is 0 Å². The van der Waals surface area contributed by atoms with Crippen LogP contribution in [0.2, 0.25) is 0 Å². The average Bonchev–Trinajstić information content (AvgIpc) is 3.50. The summed E-state index contributed by atoms with van der Waals surface area (Å²) in [4.78, 5) is 28.5. The molecule has 2 aromatic heterocycles. The van der Waals surface area contributed by atoms with E-state index in [0.29, 0.717) is 28.9 Å². The summed E-state index contributed by atoms with van der Waals surface area (Å²) in [6, 6.07) is 13.4. The Balaban J connectivity index is 1.29. The second-order valence-corrected chi connectivity index (χ2v) is 7.65. The summed E-state index contributed by atoms with van der Waals surface area (Å²) < 4.78 is 18.3. The zero-order chi connectivity index (χ0) is 21.9. The van der Waals surface area contributed by atoms with Gasteiger partial charge in [0.1, 0.15) is 5.82 Å². The summed E-state index contributed by atoms with van der Waals surface area (Å²) in [6.45, 7) is 1.79. The van der Waals surface area contributed by atoms with Gasteiger partial charge in [0.15, 0.2) is 11.6 Å². The molecule has 1 fully saturated rings. The van der Waals surface area contributed by atoms with Crippen molar-refractivity contribution in [1.82, 2.24) is 20.1 Å². The molecule has 1 N–H and O–H groups in total. The van der Waals surface area contributed by atoms with Crippen molar-refractivity contribution in [2.75, 3.05) is 23.3 Å². The molecule has 0 saturated carbocycles. The van der Waals surface area contributed by atoms with E-state index in [9.17, 15) is 9.18 Å². The minimum Gasteiger partial charge on any atom is -0.354 e. The molecule has 1 aliphatic rings. The molecule has 2 aromatic carbocycles. The number of para-hydroxylation sites is 2. The third kappa shape index (κ3) is 4.27. The van der Waals surface area contributed by atoms with Gasteiger partial charge in [0.25, 0.3) is 0 Å². The second-order valence-electron chi connectivity index (χ2n) is 7.65. The van der Waals surface area contributed by atoms with Gasteiger partial charge in [-0.3, -0.25) is 4.79 Å². The number of nitrogens with one attached hydrogen (secondary N) is 1. The molecular weight excluding hydrogens is 411 g/mol. The lowest BCUT2D eigenvalue weighted by molar-refractivity contribution is -0.116. The molecular formula is C23H21FN6O2. The number of hydrogen-bond donors (Lipinski definition) is 1. The monoisotopic (exact) mass is 432 g/mol. The van der Waals surface area contributed by atoms with Gasteiger partial charge in [0.05, 0.1) is 11.0 Å². The van der Waals surface area contributed by atoms with Crippen molar-refractivity contribution >= 4 is 28.6 Å². The number of rotatable bonds is 6. The fourth-order valence-corrected chi connectivity index (χ4v) is 3.71. The molecule has 0 bridgehead atoms. The molecule has 1 aliphatic heterocycles. The SMILES string of the molecule is O=C(CCc1nc(-c2ccc(F)cc2)no1)Nc1nc2ccccc2nc1N1CCCC1. The lowest BCUT2D eigenvalue weighted by atomic mass is 10.2. The zero-order valence-electron chi connectivity index (χ0n) is 17.3. The highest BCUT2D eigenvalue weighted by Crippen LogP contribution is 2.28. The minimum atomic E-state index is -0.334. The van der Waals surface area contributed by atoms with Gasteiger partial charge in [-0.2, -0.15) is 4.98 Å². The normalized spacial score (nSPS) is 13.6. The predicted octanol–water partition coefficient (Wildman–Crippen LogP) is 3.99. The zero-order valence-corrected chi connectivity index (χ0v) is 17.3. The third-order valence-electron chi connectivity index (χ3n) is 5.35. The second kappa shape index (κ2) is 8.70. The molecule has 5 rings (SSSR count). The van der Waals surface area contributed by atoms with E-state index in [1.54, 1.807) is 12.1 Å². The highest BCUT2D eigenvalue weighted by Gasteiger charge is 2.21. The molecule has 162 valence electrons. The first kappa shape index (κ1) is 20.0. The minimum absolute atomic E-state index is 0.152. The first-order valence-electron chi connectivity index (χ1n) is 10.6. The predicted molar refractivity (Wildman–Crippen MR) is 118 cm³/mol. The summed E-state index contributed by atoms with van der Waals surface area (Å²) in [5.74, 6) is 1.32. The molecule has 4 aromatic rings. The lowest BCUT2D eigenvalue weighted by Crippen LogP contribution is -2.23. The van der Waals surface area contributed by atoms with Crippen LogP contribution in [0.4, 0.5) is 16.0 Å². The molecule has 3 heterocycles. The van der Waals surface area contributed by atoms with Crippen LogP contribution in [0.3, 0.4) is 0 Å². The van der Waals surface area contributed by atoms with Crippen LogP contribution < -0.4 is 10.2 Å². The van der Waals surface area contributed by atoms with Gasteiger partial charge in [-0.1, -0.05) is 17.3 Å². The van der Waals surface area contributed by atoms with E-state index in [-0.39, 0.29) is 24.6 Å². The Morgan fingerprint density at radius 1 is 1.00 bits per heavy atom. The first-order chi connectivity index (χ1) is 15.7. The van der Waals surface area contributed by atoms with Gasteiger partial charge in [-0.25, -0.2) is 14.4 Å². The fourth-order valence-electron chi connectivity index (χ4n) is 3.71. The lowest BCUT2D eigenvalue weighted by Gasteiger charge is -2.20. The number of anilines is 2. The highest BCUT2D eigenvalue weighted by molar-refractivity contribution is 5.94. The number of fused-ring (bicyclic) bond motifs is 1. The van der Waals surface area contributed by atoms with Crippen LogP contribution in [0.25, 0.3) is 22.4 Å². The maximum absolute atomic E-state index is 13.1. The number of carbonyl (C=O) groups is 1. The van der Waals surface area contributed by atoms with Crippen molar-refractivity contribution in [2.45, 2.75) is 25.7 Å². The van der Waals surface area contributed by atoms with Crippen LogP contribution in [0.5, 0.6) is 0 Å². The van der Waals surface area contributed by atoms with Crippen molar-refractivity contribution in [3.05, 3.63) is 60.2 Å².